The van der Waals surface area contributed by atoms with E-state index in [2.05, 4.69) is 9.97 Å². The number of primary amides is 1. The van der Waals surface area contributed by atoms with Gasteiger partial charge in [0.15, 0.2) is 17.3 Å². The summed E-state index contributed by atoms with van der Waals surface area (Å²) in [6.07, 6.45) is 2.94. The van der Waals surface area contributed by atoms with Crippen molar-refractivity contribution >= 4 is 17.6 Å². The molecule has 0 spiro atoms. The van der Waals surface area contributed by atoms with Crippen molar-refractivity contribution < 1.29 is 19.4 Å². The minimum Gasteiger partial charge on any atom is -0.504 e. The van der Waals surface area contributed by atoms with Crippen molar-refractivity contribution in [2.24, 2.45) is 5.73 Å². The first-order chi connectivity index (χ1) is 10.5. The Morgan fingerprint density at radius 3 is 2.64 bits per heavy atom. The molecule has 0 saturated carbocycles. The number of benzene rings is 1. The van der Waals surface area contributed by atoms with Gasteiger partial charge in [-0.05, 0) is 23.8 Å². The highest BCUT2D eigenvalue weighted by atomic mass is 16.5. The van der Waals surface area contributed by atoms with Crippen LogP contribution in [0, 0.1) is 0 Å². The fraction of sp³-hybridized carbons (Fsp3) is 0.133. The third-order valence-corrected chi connectivity index (χ3v) is 2.86. The van der Waals surface area contributed by atoms with E-state index in [1.54, 1.807) is 18.2 Å². The van der Waals surface area contributed by atoms with Gasteiger partial charge < -0.3 is 20.3 Å². The molecule has 0 unspecified atom stereocenters. The Morgan fingerprint density at radius 2 is 2.05 bits per heavy atom. The fourth-order valence-corrected chi connectivity index (χ4v) is 1.79. The highest BCUT2D eigenvalue weighted by Crippen LogP contribution is 2.28. The molecular formula is C15H15N3O4. The molecule has 1 aromatic carbocycles. The number of nitrogens with two attached hydrogens (primary N) is 1. The monoisotopic (exact) mass is 301 g/mol. The van der Waals surface area contributed by atoms with Crippen molar-refractivity contribution in [1.29, 1.82) is 0 Å². The van der Waals surface area contributed by atoms with Crippen molar-refractivity contribution in [3.63, 3.8) is 0 Å². The Kier molecular flexibility index (Phi) is 4.57. The summed E-state index contributed by atoms with van der Waals surface area (Å²) in [5.74, 6) is 0.0440. The molecule has 1 heterocycles. The van der Waals surface area contributed by atoms with Gasteiger partial charge in [-0.1, -0.05) is 6.07 Å². The number of nitrogens with zero attached hydrogens (tertiary/aromatic N) is 2. The Balaban J connectivity index is 2.47. The Labute approximate surface area is 127 Å². The molecule has 3 N–H and O–H groups in total. The highest BCUT2D eigenvalue weighted by Gasteiger charge is 2.13. The summed E-state index contributed by atoms with van der Waals surface area (Å²) in [4.78, 5) is 19.7. The lowest BCUT2D eigenvalue weighted by Crippen LogP contribution is -2.15. The van der Waals surface area contributed by atoms with Crippen molar-refractivity contribution in [2.75, 3.05) is 14.2 Å². The van der Waals surface area contributed by atoms with E-state index < -0.39 is 5.91 Å². The summed E-state index contributed by atoms with van der Waals surface area (Å²) in [5.41, 5.74) is 6.04. The molecule has 0 saturated heterocycles. The molecule has 22 heavy (non-hydrogen) atoms. The van der Waals surface area contributed by atoms with Crippen molar-refractivity contribution in [3.05, 3.63) is 41.9 Å². The lowest BCUT2D eigenvalue weighted by atomic mass is 10.1. The Morgan fingerprint density at radius 1 is 1.27 bits per heavy atom. The lowest BCUT2D eigenvalue weighted by molar-refractivity contribution is -0.112. The van der Waals surface area contributed by atoms with E-state index in [0.29, 0.717) is 17.2 Å². The maximum absolute atomic E-state index is 11.7. The number of amides is 1. The largest absolute Gasteiger partial charge is 0.504 e. The molecule has 0 radical (unpaired) electrons. The molecule has 1 aromatic heterocycles. The maximum atomic E-state index is 11.7. The van der Waals surface area contributed by atoms with Crippen LogP contribution in [0.2, 0.25) is 0 Å². The number of ether oxygens (including phenoxy) is 2. The standard InChI is InChI=1S/C15H15N3O4/c1-21-12-4-3-9(8-11(12)19)7-10(14(16)20)15-17-6-5-13(18-15)22-2/h3-8,19H,1-2H3,(H2,16,20)/b10-7-. The number of aromatic nitrogens is 2. The van der Waals surface area contributed by atoms with Crippen LogP contribution in [-0.4, -0.2) is 35.2 Å². The van der Waals surface area contributed by atoms with E-state index >= 15 is 0 Å². The minimum atomic E-state index is -0.691. The van der Waals surface area contributed by atoms with Gasteiger partial charge >= 0.3 is 0 Å². The average Bonchev–Trinajstić information content (AvgIpc) is 2.52. The van der Waals surface area contributed by atoms with Crippen LogP contribution in [0.5, 0.6) is 17.4 Å². The van der Waals surface area contributed by atoms with Crippen LogP contribution in [0.25, 0.3) is 11.6 Å². The highest BCUT2D eigenvalue weighted by molar-refractivity contribution is 6.22. The second-order valence-electron chi connectivity index (χ2n) is 4.28. The molecule has 2 aromatic rings. The molecular weight excluding hydrogens is 286 g/mol. The van der Waals surface area contributed by atoms with Gasteiger partial charge in [-0.15, -0.1) is 0 Å². The molecule has 7 heteroatoms. The first-order valence-electron chi connectivity index (χ1n) is 6.31. The molecule has 0 fully saturated rings. The first-order valence-corrected chi connectivity index (χ1v) is 6.31. The SMILES string of the molecule is COc1ccnc(/C(=C\c2ccc(OC)c(O)c2)C(N)=O)n1. The van der Waals surface area contributed by atoms with Gasteiger partial charge in [0.1, 0.15) is 0 Å². The van der Waals surface area contributed by atoms with Gasteiger partial charge in [0.05, 0.1) is 19.8 Å². The summed E-state index contributed by atoms with van der Waals surface area (Å²) in [5, 5.41) is 9.77. The number of rotatable bonds is 5. The van der Waals surface area contributed by atoms with Gasteiger partial charge in [0.25, 0.3) is 5.91 Å². The molecule has 1 amide bonds. The van der Waals surface area contributed by atoms with E-state index in [-0.39, 0.29) is 17.1 Å². The van der Waals surface area contributed by atoms with Crippen LogP contribution in [0.1, 0.15) is 11.4 Å². The van der Waals surface area contributed by atoms with Crippen LogP contribution in [0.15, 0.2) is 30.5 Å². The minimum absolute atomic E-state index is 0.0494. The lowest BCUT2D eigenvalue weighted by Gasteiger charge is -2.06. The smallest absolute Gasteiger partial charge is 0.252 e. The van der Waals surface area contributed by atoms with Crippen LogP contribution >= 0.6 is 0 Å². The van der Waals surface area contributed by atoms with E-state index in [1.165, 1.54) is 32.6 Å². The number of carbonyl (C=O) groups excluding carboxylic acids is 1. The normalized spacial score (nSPS) is 11.1. The predicted molar refractivity (Wildman–Crippen MR) is 80.3 cm³/mol. The van der Waals surface area contributed by atoms with Gasteiger partial charge in [0, 0.05) is 12.3 Å². The predicted octanol–water partition coefficient (Wildman–Crippen LogP) is 1.23. The maximum Gasteiger partial charge on any atom is 0.252 e. The second-order valence-corrected chi connectivity index (χ2v) is 4.28. The van der Waals surface area contributed by atoms with E-state index in [9.17, 15) is 9.90 Å². The summed E-state index contributed by atoms with van der Waals surface area (Å²) < 4.78 is 9.96. The van der Waals surface area contributed by atoms with E-state index in [4.69, 9.17) is 15.2 Å². The van der Waals surface area contributed by atoms with Gasteiger partial charge in [-0.2, -0.15) is 4.98 Å². The molecule has 0 aliphatic rings. The van der Waals surface area contributed by atoms with Crippen molar-refractivity contribution in [2.45, 2.75) is 0 Å². The first kappa shape index (κ1) is 15.3. The van der Waals surface area contributed by atoms with E-state index in [0.717, 1.165) is 0 Å². The van der Waals surface area contributed by atoms with Gasteiger partial charge in [-0.25, -0.2) is 4.98 Å². The van der Waals surface area contributed by atoms with Crippen molar-refractivity contribution in [3.8, 4) is 17.4 Å². The number of hydrogen-bond acceptors (Lipinski definition) is 6. The molecule has 114 valence electrons. The zero-order chi connectivity index (χ0) is 16.1. The average molecular weight is 301 g/mol. The van der Waals surface area contributed by atoms with Crippen LogP contribution in [0.3, 0.4) is 0 Å². The topological polar surface area (TPSA) is 108 Å². The second kappa shape index (κ2) is 6.57. The molecule has 7 nitrogen and oxygen atoms in total. The summed E-state index contributed by atoms with van der Waals surface area (Å²) in [6.45, 7) is 0. The summed E-state index contributed by atoms with van der Waals surface area (Å²) in [7, 11) is 2.91. The third-order valence-electron chi connectivity index (χ3n) is 2.86. The zero-order valence-electron chi connectivity index (χ0n) is 12.1. The van der Waals surface area contributed by atoms with E-state index in [1.807, 2.05) is 0 Å². The summed E-state index contributed by atoms with van der Waals surface area (Å²) >= 11 is 0. The van der Waals surface area contributed by atoms with Gasteiger partial charge in [-0.3, -0.25) is 4.79 Å². The number of aromatic hydroxyl groups is 1. The molecule has 2 rings (SSSR count). The Hall–Kier alpha value is -3.09. The zero-order valence-corrected chi connectivity index (χ0v) is 12.1. The summed E-state index contributed by atoms with van der Waals surface area (Å²) in [6, 6.07) is 6.25. The molecule has 0 bridgehead atoms. The number of carbonyl (C=O) groups is 1. The quantitative estimate of drug-likeness (QED) is 0.804. The van der Waals surface area contributed by atoms with Crippen LogP contribution in [-0.2, 0) is 4.79 Å². The van der Waals surface area contributed by atoms with Crippen molar-refractivity contribution in [1.82, 2.24) is 9.97 Å². The molecule has 0 atom stereocenters. The number of phenols is 1. The number of hydrogen-bond donors (Lipinski definition) is 2. The Bertz CT molecular complexity index is 728. The van der Waals surface area contributed by atoms with Gasteiger partial charge in [0.2, 0.25) is 5.88 Å². The fourth-order valence-electron chi connectivity index (χ4n) is 1.79. The van der Waals surface area contributed by atoms with Crippen LogP contribution < -0.4 is 15.2 Å². The molecule has 0 aliphatic heterocycles. The number of methoxy groups -OCH3 is 2. The van der Waals surface area contributed by atoms with Crippen LogP contribution in [0.4, 0.5) is 0 Å². The number of phenolic OH excluding ortho intramolecular Hbond substituents is 1. The third kappa shape index (κ3) is 3.32. The molecule has 0 aliphatic carbocycles.